The molecule has 2 aliphatic heterocycles. The lowest BCUT2D eigenvalue weighted by atomic mass is 9.87. The normalized spacial score (nSPS) is 23.7. The Morgan fingerprint density at radius 2 is 2.00 bits per heavy atom. The molecule has 0 aromatic heterocycles. The van der Waals surface area contributed by atoms with Crippen LogP contribution in [0.25, 0.3) is 0 Å². The highest BCUT2D eigenvalue weighted by atomic mass is 16.6. The average molecular weight is 300 g/mol. The molecule has 2 unspecified atom stereocenters. The summed E-state index contributed by atoms with van der Waals surface area (Å²) in [7, 11) is 0. The molecule has 2 aliphatic rings. The molecule has 0 bridgehead atoms. The van der Waals surface area contributed by atoms with Crippen molar-refractivity contribution < 1.29 is 9.63 Å². The fourth-order valence-corrected chi connectivity index (χ4v) is 3.37. The summed E-state index contributed by atoms with van der Waals surface area (Å²) in [5.41, 5.74) is 1.78. The van der Waals surface area contributed by atoms with E-state index in [9.17, 15) is 4.79 Å². The Balaban J connectivity index is 1.65. The van der Waals surface area contributed by atoms with Crippen molar-refractivity contribution in [1.82, 2.24) is 4.90 Å². The Bertz CT molecular complexity index is 535. The van der Waals surface area contributed by atoms with Crippen LogP contribution in [0.1, 0.15) is 31.7 Å². The van der Waals surface area contributed by atoms with Crippen molar-refractivity contribution in [2.75, 3.05) is 26.2 Å². The molecule has 3 rings (SSSR count). The summed E-state index contributed by atoms with van der Waals surface area (Å²) in [5, 5.41) is 4.12. The van der Waals surface area contributed by atoms with Gasteiger partial charge in [-0.2, -0.15) is 0 Å². The van der Waals surface area contributed by atoms with Crippen LogP contribution >= 0.6 is 0 Å². The molecule has 2 atom stereocenters. The molecule has 0 aliphatic carbocycles. The van der Waals surface area contributed by atoms with Gasteiger partial charge in [-0.15, -0.1) is 0 Å². The van der Waals surface area contributed by atoms with Crippen LogP contribution in [0.2, 0.25) is 0 Å². The first-order valence-electron chi connectivity index (χ1n) is 8.27. The standard InChI is InChI=1S/C18H24N2O2/c1-14(12-20-10-6-3-7-11-20)18(21)16-13-22-19-17(16)15-8-4-2-5-9-15/h2,4-5,8-9,14,16H,3,6-7,10-13H2,1H3. The Labute approximate surface area is 132 Å². The quantitative estimate of drug-likeness (QED) is 0.839. The van der Waals surface area contributed by atoms with Crippen LogP contribution in [0, 0.1) is 11.8 Å². The van der Waals surface area contributed by atoms with Crippen LogP contribution in [0.15, 0.2) is 35.5 Å². The third-order valence-corrected chi connectivity index (χ3v) is 4.61. The summed E-state index contributed by atoms with van der Waals surface area (Å²) in [5.74, 6) is 0.0616. The van der Waals surface area contributed by atoms with Gasteiger partial charge in [0.25, 0.3) is 0 Å². The zero-order valence-electron chi connectivity index (χ0n) is 13.2. The molecule has 0 N–H and O–H groups in total. The van der Waals surface area contributed by atoms with Crippen LogP contribution in [0.3, 0.4) is 0 Å². The lowest BCUT2D eigenvalue weighted by Gasteiger charge is -2.29. The van der Waals surface area contributed by atoms with Crippen molar-refractivity contribution in [3.63, 3.8) is 0 Å². The van der Waals surface area contributed by atoms with Gasteiger partial charge in [0.15, 0.2) is 0 Å². The molecule has 22 heavy (non-hydrogen) atoms. The van der Waals surface area contributed by atoms with E-state index in [2.05, 4.69) is 10.1 Å². The van der Waals surface area contributed by atoms with Gasteiger partial charge in [0.05, 0.1) is 0 Å². The lowest BCUT2D eigenvalue weighted by Crippen LogP contribution is -2.39. The summed E-state index contributed by atoms with van der Waals surface area (Å²) in [6.45, 7) is 5.53. The number of carbonyl (C=O) groups is 1. The smallest absolute Gasteiger partial charge is 0.149 e. The zero-order valence-corrected chi connectivity index (χ0v) is 13.2. The number of benzene rings is 1. The number of ketones is 1. The predicted octanol–water partition coefficient (Wildman–Crippen LogP) is 2.73. The van der Waals surface area contributed by atoms with E-state index in [4.69, 9.17) is 4.84 Å². The number of Topliss-reactive ketones (excluding diaryl/α,β-unsaturated/α-hetero) is 1. The number of hydrogen-bond acceptors (Lipinski definition) is 4. The topological polar surface area (TPSA) is 41.9 Å². The van der Waals surface area contributed by atoms with E-state index in [-0.39, 0.29) is 17.6 Å². The summed E-state index contributed by atoms with van der Waals surface area (Å²) in [4.78, 5) is 20.5. The first kappa shape index (κ1) is 15.2. The van der Waals surface area contributed by atoms with Crippen molar-refractivity contribution in [3.05, 3.63) is 35.9 Å². The second-order valence-electron chi connectivity index (χ2n) is 6.36. The number of hydrogen-bond donors (Lipinski definition) is 0. The SMILES string of the molecule is CC(CN1CCCCC1)C(=O)C1CON=C1c1ccccc1. The number of carbonyl (C=O) groups excluding carboxylic acids is 1. The van der Waals surface area contributed by atoms with Gasteiger partial charge in [0.2, 0.25) is 0 Å². The molecule has 118 valence electrons. The minimum atomic E-state index is -0.220. The van der Waals surface area contributed by atoms with Gasteiger partial charge in [-0.25, -0.2) is 0 Å². The molecule has 0 spiro atoms. The second kappa shape index (κ2) is 7.05. The summed E-state index contributed by atoms with van der Waals surface area (Å²) in [6.07, 6.45) is 3.83. The fraction of sp³-hybridized carbons (Fsp3) is 0.556. The molecule has 4 nitrogen and oxygen atoms in total. The molecule has 1 saturated heterocycles. The van der Waals surface area contributed by atoms with E-state index in [1.807, 2.05) is 37.3 Å². The van der Waals surface area contributed by atoms with Crippen LogP contribution in [-0.2, 0) is 9.63 Å². The maximum Gasteiger partial charge on any atom is 0.149 e. The molecule has 0 amide bonds. The van der Waals surface area contributed by atoms with E-state index in [1.165, 1.54) is 19.3 Å². The Kier molecular flexibility index (Phi) is 4.88. The van der Waals surface area contributed by atoms with Crippen molar-refractivity contribution >= 4 is 11.5 Å². The molecule has 1 fully saturated rings. The van der Waals surface area contributed by atoms with Gasteiger partial charge in [-0.1, -0.05) is 48.8 Å². The van der Waals surface area contributed by atoms with Crippen LogP contribution in [-0.4, -0.2) is 42.6 Å². The average Bonchev–Trinajstić information content (AvgIpc) is 3.05. The predicted molar refractivity (Wildman–Crippen MR) is 86.9 cm³/mol. The minimum absolute atomic E-state index is 0.0266. The summed E-state index contributed by atoms with van der Waals surface area (Å²) in [6, 6.07) is 9.88. The molecule has 0 radical (unpaired) electrons. The number of piperidine rings is 1. The molecule has 1 aromatic carbocycles. The maximum atomic E-state index is 12.8. The van der Waals surface area contributed by atoms with Crippen molar-refractivity contribution in [2.45, 2.75) is 26.2 Å². The van der Waals surface area contributed by atoms with Gasteiger partial charge in [0, 0.05) is 18.0 Å². The van der Waals surface area contributed by atoms with Crippen molar-refractivity contribution in [1.29, 1.82) is 0 Å². The van der Waals surface area contributed by atoms with Crippen molar-refractivity contribution in [2.24, 2.45) is 17.0 Å². The van der Waals surface area contributed by atoms with Crippen LogP contribution in [0.5, 0.6) is 0 Å². The number of rotatable bonds is 5. The monoisotopic (exact) mass is 300 g/mol. The van der Waals surface area contributed by atoms with E-state index >= 15 is 0 Å². The highest BCUT2D eigenvalue weighted by molar-refractivity contribution is 6.14. The number of nitrogens with zero attached hydrogens (tertiary/aromatic N) is 2. The molecule has 2 heterocycles. The highest BCUT2D eigenvalue weighted by Gasteiger charge is 2.34. The summed E-state index contributed by atoms with van der Waals surface area (Å²) < 4.78 is 0. The molecule has 4 heteroatoms. The van der Waals surface area contributed by atoms with Gasteiger partial charge in [0.1, 0.15) is 24.0 Å². The molecular weight excluding hydrogens is 276 g/mol. The summed E-state index contributed by atoms with van der Waals surface area (Å²) >= 11 is 0. The lowest BCUT2D eigenvalue weighted by molar-refractivity contribution is -0.125. The van der Waals surface area contributed by atoms with Crippen molar-refractivity contribution in [3.8, 4) is 0 Å². The van der Waals surface area contributed by atoms with E-state index in [0.29, 0.717) is 6.61 Å². The third-order valence-electron chi connectivity index (χ3n) is 4.61. The Morgan fingerprint density at radius 1 is 1.27 bits per heavy atom. The fourth-order valence-electron chi connectivity index (χ4n) is 3.37. The van der Waals surface area contributed by atoms with E-state index in [1.54, 1.807) is 0 Å². The third kappa shape index (κ3) is 3.38. The molecular formula is C18H24N2O2. The Morgan fingerprint density at radius 3 is 2.73 bits per heavy atom. The maximum absolute atomic E-state index is 12.8. The number of likely N-dealkylation sites (tertiary alicyclic amines) is 1. The first-order chi connectivity index (χ1) is 10.8. The first-order valence-corrected chi connectivity index (χ1v) is 8.27. The van der Waals surface area contributed by atoms with Crippen LogP contribution in [0.4, 0.5) is 0 Å². The largest absolute Gasteiger partial charge is 0.394 e. The van der Waals surface area contributed by atoms with Gasteiger partial charge >= 0.3 is 0 Å². The van der Waals surface area contributed by atoms with E-state index < -0.39 is 0 Å². The Hall–Kier alpha value is -1.68. The number of oxime groups is 1. The minimum Gasteiger partial charge on any atom is -0.394 e. The second-order valence-corrected chi connectivity index (χ2v) is 6.36. The molecule has 0 saturated carbocycles. The zero-order chi connectivity index (χ0) is 15.4. The van der Waals surface area contributed by atoms with Crippen LogP contribution < -0.4 is 0 Å². The van der Waals surface area contributed by atoms with E-state index in [0.717, 1.165) is 30.9 Å². The van der Waals surface area contributed by atoms with Gasteiger partial charge in [-0.3, -0.25) is 4.79 Å². The van der Waals surface area contributed by atoms with Gasteiger partial charge in [-0.05, 0) is 25.9 Å². The highest BCUT2D eigenvalue weighted by Crippen LogP contribution is 2.22. The van der Waals surface area contributed by atoms with Gasteiger partial charge < -0.3 is 9.74 Å². The molecule has 1 aromatic rings.